The molecule has 4 heteroatoms. The number of aromatic nitrogens is 2. The van der Waals surface area contributed by atoms with Crippen LogP contribution in [0.1, 0.15) is 0 Å². The van der Waals surface area contributed by atoms with Gasteiger partial charge in [-0.3, -0.25) is 4.98 Å². The van der Waals surface area contributed by atoms with Gasteiger partial charge in [0.1, 0.15) is 0 Å². The predicted molar refractivity (Wildman–Crippen MR) is 50.9 cm³/mol. The van der Waals surface area contributed by atoms with Crippen LogP contribution in [-0.4, -0.2) is 9.97 Å². The Kier molecular flexibility index (Phi) is 1.79. The van der Waals surface area contributed by atoms with Gasteiger partial charge >= 0.3 is 0 Å². The maximum atomic E-state index is 4.12. The van der Waals surface area contributed by atoms with E-state index >= 15 is 0 Å². The first kappa shape index (κ1) is 7.06. The highest BCUT2D eigenvalue weighted by Gasteiger charge is 1.99. The zero-order valence-corrected chi connectivity index (χ0v) is 7.32. The van der Waals surface area contributed by atoms with Gasteiger partial charge in [-0.15, -0.1) is 11.7 Å². The van der Waals surface area contributed by atoms with Crippen LogP contribution in [0.2, 0.25) is 0 Å². The Hall–Kier alpha value is -0.610. The Morgan fingerprint density at radius 2 is 2.36 bits per heavy atom. The molecule has 2 aromatic heterocycles. The molecule has 0 spiro atoms. The topological polar surface area (TPSA) is 28.7 Å². The standard InChI is InChI=1S/C7H6N2S2/c10-11-7-4-8-3-6-5(7)1-2-9-6/h1-4,9-10H. The Morgan fingerprint density at radius 1 is 1.45 bits per heavy atom. The molecule has 11 heavy (non-hydrogen) atoms. The van der Waals surface area contributed by atoms with Crippen LogP contribution in [0.4, 0.5) is 0 Å². The molecule has 2 nitrogen and oxygen atoms in total. The first-order valence-corrected chi connectivity index (χ1v) is 5.01. The molecule has 0 aliphatic carbocycles. The monoisotopic (exact) mass is 182 g/mol. The second kappa shape index (κ2) is 2.79. The maximum Gasteiger partial charge on any atom is 0.0652 e. The lowest BCUT2D eigenvalue weighted by Crippen LogP contribution is -1.74. The minimum atomic E-state index is 1.06. The van der Waals surface area contributed by atoms with Crippen LogP contribution < -0.4 is 0 Å². The minimum Gasteiger partial charge on any atom is -0.360 e. The van der Waals surface area contributed by atoms with E-state index in [1.54, 1.807) is 0 Å². The van der Waals surface area contributed by atoms with Gasteiger partial charge in [-0.05, 0) is 6.07 Å². The van der Waals surface area contributed by atoms with Crippen molar-refractivity contribution in [1.29, 1.82) is 0 Å². The lowest BCUT2D eigenvalue weighted by atomic mass is 10.3. The van der Waals surface area contributed by atoms with Crippen LogP contribution in [0.3, 0.4) is 0 Å². The number of hydrogen-bond donors (Lipinski definition) is 2. The minimum absolute atomic E-state index is 1.06. The smallest absolute Gasteiger partial charge is 0.0652 e. The lowest BCUT2D eigenvalue weighted by Gasteiger charge is -1.94. The fourth-order valence-corrected chi connectivity index (χ4v) is 1.85. The van der Waals surface area contributed by atoms with Gasteiger partial charge in [0.25, 0.3) is 0 Å². The van der Waals surface area contributed by atoms with E-state index in [1.165, 1.54) is 16.2 Å². The molecule has 56 valence electrons. The molecule has 0 unspecified atom stereocenters. The Balaban J connectivity index is 2.79. The lowest BCUT2D eigenvalue weighted by molar-refractivity contribution is 1.28. The van der Waals surface area contributed by atoms with Crippen LogP contribution in [0.15, 0.2) is 29.6 Å². The van der Waals surface area contributed by atoms with E-state index in [0.717, 1.165) is 10.4 Å². The van der Waals surface area contributed by atoms with Crippen molar-refractivity contribution in [3.63, 3.8) is 0 Å². The Bertz CT molecular complexity index is 369. The fourth-order valence-electron chi connectivity index (χ4n) is 1.03. The number of rotatable bonds is 1. The summed E-state index contributed by atoms with van der Waals surface area (Å²) in [6.45, 7) is 0. The predicted octanol–water partition coefficient (Wildman–Crippen LogP) is 2.50. The van der Waals surface area contributed by atoms with E-state index in [0.29, 0.717) is 0 Å². The summed E-state index contributed by atoms with van der Waals surface area (Å²) in [6, 6.07) is 2.02. The summed E-state index contributed by atoms with van der Waals surface area (Å²) in [7, 11) is 1.41. The molecule has 0 fully saturated rings. The fraction of sp³-hybridized carbons (Fsp3) is 0. The van der Waals surface area contributed by atoms with Gasteiger partial charge in [0.15, 0.2) is 0 Å². The maximum absolute atomic E-state index is 4.12. The van der Waals surface area contributed by atoms with Gasteiger partial charge in [0.05, 0.1) is 11.7 Å². The second-order valence-corrected chi connectivity index (χ2v) is 3.34. The van der Waals surface area contributed by atoms with E-state index in [4.69, 9.17) is 0 Å². The molecule has 0 aromatic carbocycles. The van der Waals surface area contributed by atoms with E-state index < -0.39 is 0 Å². The molecule has 1 N–H and O–H groups in total. The Labute approximate surface area is 73.2 Å². The van der Waals surface area contributed by atoms with Gasteiger partial charge in [-0.1, -0.05) is 10.8 Å². The normalized spacial score (nSPS) is 10.6. The van der Waals surface area contributed by atoms with Gasteiger partial charge < -0.3 is 4.98 Å². The largest absolute Gasteiger partial charge is 0.360 e. The van der Waals surface area contributed by atoms with Crippen LogP contribution in [0.25, 0.3) is 10.9 Å². The molecule has 0 atom stereocenters. The van der Waals surface area contributed by atoms with E-state index in [2.05, 4.69) is 21.6 Å². The summed E-state index contributed by atoms with van der Waals surface area (Å²) < 4.78 is 0. The average Bonchev–Trinajstić information content (AvgIpc) is 2.50. The van der Waals surface area contributed by atoms with Crippen molar-refractivity contribution in [1.82, 2.24) is 9.97 Å². The SMILES string of the molecule is SSc1cncc2[nH]ccc12. The van der Waals surface area contributed by atoms with Crippen molar-refractivity contribution in [3.8, 4) is 0 Å². The second-order valence-electron chi connectivity index (χ2n) is 2.17. The van der Waals surface area contributed by atoms with Crippen LogP contribution in [0, 0.1) is 0 Å². The van der Waals surface area contributed by atoms with Crippen molar-refractivity contribution >= 4 is 33.4 Å². The van der Waals surface area contributed by atoms with Crippen molar-refractivity contribution < 1.29 is 0 Å². The molecule has 2 rings (SSSR count). The number of pyridine rings is 1. The number of aromatic amines is 1. The van der Waals surface area contributed by atoms with Crippen LogP contribution >= 0.6 is 22.5 Å². The van der Waals surface area contributed by atoms with Crippen LogP contribution in [0.5, 0.6) is 0 Å². The molecule has 0 aliphatic heterocycles. The summed E-state index contributed by atoms with van der Waals surface area (Å²) >= 11 is 4.12. The zero-order valence-electron chi connectivity index (χ0n) is 5.61. The third-order valence-corrected chi connectivity index (χ3v) is 2.65. The first-order valence-electron chi connectivity index (χ1n) is 3.14. The van der Waals surface area contributed by atoms with Crippen molar-refractivity contribution in [2.24, 2.45) is 0 Å². The third-order valence-electron chi connectivity index (χ3n) is 1.54. The molecule has 0 amide bonds. The number of thiol groups is 1. The molecule has 0 aliphatic rings. The average molecular weight is 182 g/mol. The number of H-pyrrole nitrogens is 1. The summed E-state index contributed by atoms with van der Waals surface area (Å²) in [5.41, 5.74) is 1.06. The van der Waals surface area contributed by atoms with Gasteiger partial charge in [0, 0.05) is 22.7 Å². The molecular formula is C7H6N2S2. The van der Waals surface area contributed by atoms with Gasteiger partial charge in [-0.25, -0.2) is 0 Å². The third kappa shape index (κ3) is 1.12. The quantitative estimate of drug-likeness (QED) is 0.524. The van der Waals surface area contributed by atoms with Crippen molar-refractivity contribution in [2.45, 2.75) is 4.90 Å². The summed E-state index contributed by atoms with van der Waals surface area (Å²) in [5.74, 6) is 0. The number of fused-ring (bicyclic) bond motifs is 1. The highest BCUT2D eigenvalue weighted by molar-refractivity contribution is 8.68. The van der Waals surface area contributed by atoms with Gasteiger partial charge in [0.2, 0.25) is 0 Å². The summed E-state index contributed by atoms with van der Waals surface area (Å²) in [6.07, 6.45) is 5.52. The van der Waals surface area contributed by atoms with E-state index in [1.807, 2.05) is 24.7 Å². The molecule has 0 bridgehead atoms. The van der Waals surface area contributed by atoms with E-state index in [9.17, 15) is 0 Å². The number of nitrogens with zero attached hydrogens (tertiary/aromatic N) is 1. The number of hydrogen-bond acceptors (Lipinski definition) is 3. The molecule has 0 saturated carbocycles. The van der Waals surface area contributed by atoms with E-state index in [-0.39, 0.29) is 0 Å². The summed E-state index contributed by atoms with van der Waals surface area (Å²) in [5, 5.41) is 1.18. The van der Waals surface area contributed by atoms with Crippen molar-refractivity contribution in [2.75, 3.05) is 0 Å². The highest BCUT2D eigenvalue weighted by Crippen LogP contribution is 2.27. The molecule has 2 aromatic rings. The zero-order chi connectivity index (χ0) is 7.68. The molecular weight excluding hydrogens is 176 g/mol. The van der Waals surface area contributed by atoms with Crippen molar-refractivity contribution in [3.05, 3.63) is 24.7 Å². The van der Waals surface area contributed by atoms with Gasteiger partial charge in [-0.2, -0.15) is 0 Å². The Morgan fingerprint density at radius 3 is 3.18 bits per heavy atom. The molecule has 0 radical (unpaired) electrons. The first-order chi connectivity index (χ1) is 5.42. The summed E-state index contributed by atoms with van der Waals surface area (Å²) in [4.78, 5) is 8.23. The number of nitrogens with one attached hydrogen (secondary N) is 1. The van der Waals surface area contributed by atoms with Crippen LogP contribution in [-0.2, 0) is 0 Å². The highest BCUT2D eigenvalue weighted by atomic mass is 33.1. The molecule has 2 heterocycles. The molecule has 0 saturated heterocycles.